The fraction of sp³-hybridized carbons (Fsp3) is 0.588. The Morgan fingerprint density at radius 1 is 1.38 bits per heavy atom. The molecule has 4 nitrogen and oxygen atoms in total. The molecule has 24 heavy (non-hydrogen) atoms. The fourth-order valence-electron chi connectivity index (χ4n) is 3.09. The maximum absolute atomic E-state index is 14.2. The van der Waals surface area contributed by atoms with E-state index in [-0.39, 0.29) is 22.0 Å². The molecule has 0 aromatic heterocycles. The number of ether oxygens (including phenoxy) is 2. The predicted octanol–water partition coefficient (Wildman–Crippen LogP) is 3.90. The maximum atomic E-state index is 14.2. The molecular weight excluding hydrogens is 401 g/mol. The number of benzene rings is 1. The maximum Gasteiger partial charge on any atom is 0.256 e. The van der Waals surface area contributed by atoms with Gasteiger partial charge in [0.25, 0.3) is 5.91 Å². The second-order valence-electron chi connectivity index (χ2n) is 6.30. The second kappa shape index (κ2) is 8.13. The van der Waals surface area contributed by atoms with Crippen LogP contribution in [0, 0.1) is 11.7 Å². The van der Waals surface area contributed by atoms with Gasteiger partial charge in [0.1, 0.15) is 5.82 Å². The van der Waals surface area contributed by atoms with E-state index in [4.69, 9.17) is 21.1 Å². The Morgan fingerprint density at radius 3 is 2.79 bits per heavy atom. The highest BCUT2D eigenvalue weighted by Crippen LogP contribution is 2.26. The van der Waals surface area contributed by atoms with E-state index in [1.165, 1.54) is 12.1 Å². The molecule has 2 saturated heterocycles. The Bertz CT molecular complexity index is 602. The Morgan fingerprint density at radius 2 is 2.12 bits per heavy atom. The van der Waals surface area contributed by atoms with Gasteiger partial charge >= 0.3 is 0 Å². The highest BCUT2D eigenvalue weighted by molar-refractivity contribution is 9.10. The number of carbonyl (C=O) groups excluding carboxylic acids is 1. The topological polar surface area (TPSA) is 38.8 Å². The van der Waals surface area contributed by atoms with Crippen molar-refractivity contribution in [3.8, 4) is 0 Å². The smallest absolute Gasteiger partial charge is 0.256 e. The number of hydrogen-bond acceptors (Lipinski definition) is 3. The summed E-state index contributed by atoms with van der Waals surface area (Å²) in [6.45, 7) is 3.44. The summed E-state index contributed by atoms with van der Waals surface area (Å²) in [6, 6.07) is 2.83. The van der Waals surface area contributed by atoms with Crippen LogP contribution in [-0.4, -0.2) is 49.8 Å². The van der Waals surface area contributed by atoms with Crippen molar-refractivity contribution < 1.29 is 18.7 Å². The minimum Gasteiger partial charge on any atom is -0.381 e. The monoisotopic (exact) mass is 419 g/mol. The summed E-state index contributed by atoms with van der Waals surface area (Å²) in [4.78, 5) is 14.2. The Kier molecular flexibility index (Phi) is 6.13. The molecule has 1 aromatic rings. The van der Waals surface area contributed by atoms with Crippen LogP contribution in [0.1, 0.15) is 29.6 Å². The van der Waals surface area contributed by atoms with Gasteiger partial charge in [-0.05, 0) is 47.3 Å². The van der Waals surface area contributed by atoms with Gasteiger partial charge in [-0.1, -0.05) is 11.6 Å². The first-order valence-electron chi connectivity index (χ1n) is 8.17. The third-order valence-corrected chi connectivity index (χ3v) is 5.34. The first-order valence-corrected chi connectivity index (χ1v) is 9.35. The molecule has 0 unspecified atom stereocenters. The molecule has 0 aliphatic carbocycles. The Labute approximate surface area is 154 Å². The summed E-state index contributed by atoms with van der Waals surface area (Å²) < 4.78 is 25.7. The van der Waals surface area contributed by atoms with E-state index in [9.17, 15) is 9.18 Å². The van der Waals surface area contributed by atoms with E-state index in [0.717, 1.165) is 32.5 Å². The standard InChI is InChI=1S/C17H20BrClFNO3/c18-15-8-12(19)7-14(16(15)20)17(22)21-4-1-13(2-5-21)24-10-11-3-6-23-9-11/h7-8,11,13H,1-6,9-10H2/t11-/m0/s1. The first-order chi connectivity index (χ1) is 11.5. The zero-order chi connectivity index (χ0) is 17.1. The molecule has 1 aromatic carbocycles. The van der Waals surface area contributed by atoms with E-state index in [0.29, 0.717) is 30.6 Å². The minimum absolute atomic E-state index is 0.0110. The molecule has 0 saturated carbocycles. The summed E-state index contributed by atoms with van der Waals surface area (Å²) in [5.41, 5.74) is 0.0110. The summed E-state index contributed by atoms with van der Waals surface area (Å²) in [5, 5.41) is 0.337. The van der Waals surface area contributed by atoms with Gasteiger partial charge < -0.3 is 14.4 Å². The van der Waals surface area contributed by atoms with Gasteiger partial charge in [0.05, 0.1) is 29.4 Å². The molecule has 0 bridgehead atoms. The van der Waals surface area contributed by atoms with Crippen LogP contribution in [0.3, 0.4) is 0 Å². The molecule has 1 amide bonds. The number of halogens is 3. The molecule has 2 aliphatic rings. The van der Waals surface area contributed by atoms with E-state index in [1.807, 2.05) is 0 Å². The van der Waals surface area contributed by atoms with E-state index in [2.05, 4.69) is 15.9 Å². The van der Waals surface area contributed by atoms with Crippen molar-refractivity contribution in [2.75, 3.05) is 32.9 Å². The third kappa shape index (κ3) is 4.28. The molecule has 7 heteroatoms. The summed E-state index contributed by atoms with van der Waals surface area (Å²) in [7, 11) is 0. The predicted molar refractivity (Wildman–Crippen MR) is 92.9 cm³/mol. The van der Waals surface area contributed by atoms with Crippen molar-refractivity contribution in [3.05, 3.63) is 33.0 Å². The van der Waals surface area contributed by atoms with Crippen LogP contribution < -0.4 is 0 Å². The molecule has 3 rings (SSSR count). The van der Waals surface area contributed by atoms with Crippen molar-refractivity contribution in [2.24, 2.45) is 5.92 Å². The average molecular weight is 421 g/mol. The normalized spacial score (nSPS) is 22.1. The number of likely N-dealkylation sites (tertiary alicyclic amines) is 1. The lowest BCUT2D eigenvalue weighted by atomic mass is 10.1. The van der Waals surface area contributed by atoms with Gasteiger partial charge in [0, 0.05) is 30.6 Å². The van der Waals surface area contributed by atoms with Crippen molar-refractivity contribution in [2.45, 2.75) is 25.4 Å². The number of nitrogens with zero attached hydrogens (tertiary/aromatic N) is 1. The lowest BCUT2D eigenvalue weighted by molar-refractivity contribution is -0.00801. The van der Waals surface area contributed by atoms with Crippen LogP contribution in [-0.2, 0) is 9.47 Å². The summed E-state index contributed by atoms with van der Waals surface area (Å²) in [5.74, 6) is -0.398. The molecule has 2 heterocycles. The molecule has 2 aliphatic heterocycles. The van der Waals surface area contributed by atoms with Crippen molar-refractivity contribution >= 4 is 33.4 Å². The SMILES string of the molecule is O=C(c1cc(Cl)cc(Br)c1F)N1CCC(OC[C@H]2CCOC2)CC1. The van der Waals surface area contributed by atoms with Crippen LogP contribution in [0.15, 0.2) is 16.6 Å². The van der Waals surface area contributed by atoms with Gasteiger partial charge in [0.15, 0.2) is 0 Å². The summed E-state index contributed by atoms with van der Waals surface area (Å²) >= 11 is 9.03. The van der Waals surface area contributed by atoms with Gasteiger partial charge in [-0.3, -0.25) is 4.79 Å². The van der Waals surface area contributed by atoms with Crippen LogP contribution in [0.4, 0.5) is 4.39 Å². The van der Waals surface area contributed by atoms with Crippen LogP contribution in [0.2, 0.25) is 5.02 Å². The van der Waals surface area contributed by atoms with Crippen LogP contribution >= 0.6 is 27.5 Å². The number of amides is 1. The van der Waals surface area contributed by atoms with Crippen LogP contribution in [0.5, 0.6) is 0 Å². The van der Waals surface area contributed by atoms with Crippen molar-refractivity contribution in [3.63, 3.8) is 0 Å². The highest BCUT2D eigenvalue weighted by Gasteiger charge is 2.27. The number of rotatable bonds is 4. The molecule has 132 valence electrons. The first kappa shape index (κ1) is 18.1. The minimum atomic E-state index is -0.566. The quantitative estimate of drug-likeness (QED) is 0.694. The summed E-state index contributed by atoms with van der Waals surface area (Å²) in [6.07, 6.45) is 2.75. The molecule has 0 N–H and O–H groups in total. The molecule has 0 spiro atoms. The highest BCUT2D eigenvalue weighted by atomic mass is 79.9. The van der Waals surface area contributed by atoms with Gasteiger partial charge in [-0.2, -0.15) is 0 Å². The van der Waals surface area contributed by atoms with Crippen molar-refractivity contribution in [1.82, 2.24) is 4.90 Å². The number of carbonyl (C=O) groups is 1. The zero-order valence-corrected chi connectivity index (χ0v) is 15.6. The van der Waals surface area contributed by atoms with Crippen molar-refractivity contribution in [1.29, 1.82) is 0 Å². The van der Waals surface area contributed by atoms with Gasteiger partial charge in [-0.25, -0.2) is 4.39 Å². The Hall–Kier alpha value is -0.690. The fourth-order valence-corrected chi connectivity index (χ4v) is 3.90. The molecular formula is C17H20BrClFNO3. The average Bonchev–Trinajstić information content (AvgIpc) is 3.09. The van der Waals surface area contributed by atoms with Crippen LogP contribution in [0.25, 0.3) is 0 Å². The lowest BCUT2D eigenvalue weighted by Gasteiger charge is -2.32. The number of piperidine rings is 1. The third-order valence-electron chi connectivity index (χ3n) is 4.54. The molecule has 1 atom stereocenters. The van der Waals surface area contributed by atoms with E-state index in [1.54, 1.807) is 4.90 Å². The van der Waals surface area contributed by atoms with Gasteiger partial charge in [0.2, 0.25) is 0 Å². The zero-order valence-electron chi connectivity index (χ0n) is 13.3. The largest absolute Gasteiger partial charge is 0.381 e. The molecule has 2 fully saturated rings. The Balaban J connectivity index is 1.53. The number of hydrogen-bond donors (Lipinski definition) is 0. The van der Waals surface area contributed by atoms with Gasteiger partial charge in [-0.15, -0.1) is 0 Å². The van der Waals surface area contributed by atoms with E-state index < -0.39 is 5.82 Å². The van der Waals surface area contributed by atoms with E-state index >= 15 is 0 Å². The lowest BCUT2D eigenvalue weighted by Crippen LogP contribution is -2.41. The second-order valence-corrected chi connectivity index (χ2v) is 7.59. The molecule has 0 radical (unpaired) electrons.